The topological polar surface area (TPSA) is 191 Å². The lowest BCUT2D eigenvalue weighted by molar-refractivity contribution is -0.142. The molecule has 0 spiro atoms. The monoisotopic (exact) mass is 456 g/mol. The second-order valence-electron chi connectivity index (χ2n) is 6.85. The quantitative estimate of drug-likeness (QED) is 0.157. The molecular weight excluding hydrogens is 428 g/mol. The molecule has 0 fully saturated rings. The van der Waals surface area contributed by atoms with E-state index in [0.29, 0.717) is 0 Å². The summed E-state index contributed by atoms with van der Waals surface area (Å²) in [5.41, 5.74) is 6.68. The summed E-state index contributed by atoms with van der Waals surface area (Å²) in [6.07, 6.45) is -1.15. The van der Waals surface area contributed by atoms with Gasteiger partial charge < -0.3 is 37.0 Å². The number of rotatable bonds is 12. The maximum absolute atomic E-state index is 12.5. The highest BCUT2D eigenvalue weighted by Gasteiger charge is 2.32. The molecule has 5 atom stereocenters. The van der Waals surface area contributed by atoms with Gasteiger partial charge in [0.05, 0.1) is 18.8 Å². The Labute approximate surface area is 184 Å². The predicted molar refractivity (Wildman–Crippen MR) is 114 cm³/mol. The van der Waals surface area contributed by atoms with Crippen LogP contribution in [0.3, 0.4) is 0 Å². The zero-order valence-corrected chi connectivity index (χ0v) is 17.8. The molecule has 3 amide bonds. The minimum Gasteiger partial charge on any atom is -0.480 e. The number of carbonyl (C=O) groups excluding carboxylic acids is 3. The highest BCUT2D eigenvalue weighted by molar-refractivity contribution is 7.80. The van der Waals surface area contributed by atoms with Crippen LogP contribution in [0, 0.1) is 0 Å². The Bertz CT molecular complexity index is 763. The van der Waals surface area contributed by atoms with E-state index in [1.165, 1.54) is 6.92 Å². The molecule has 0 unspecified atom stereocenters. The standard InChI is InChI=1S/C19H28N4O7S/c1-10(25)15(23-16(26)12(20)7-11-5-3-2-4-6-11)18(28)21-13(8-24)17(27)22-14(9-31)19(29)30/h2-6,10,12-15,24-25,31H,7-9,20H2,1H3,(H,21,28)(H,22,27)(H,23,26)(H,29,30)/t10-,12+,13+,14-,15+/m1/s1. The molecule has 0 bridgehead atoms. The number of carbonyl (C=O) groups is 4. The van der Waals surface area contributed by atoms with Crippen LogP contribution in [0.2, 0.25) is 0 Å². The van der Waals surface area contributed by atoms with Crippen molar-refractivity contribution in [2.75, 3.05) is 12.4 Å². The van der Waals surface area contributed by atoms with Crippen LogP contribution < -0.4 is 21.7 Å². The summed E-state index contributed by atoms with van der Waals surface area (Å²) in [4.78, 5) is 48.1. The summed E-state index contributed by atoms with van der Waals surface area (Å²) in [5, 5.41) is 34.9. The average molecular weight is 457 g/mol. The number of nitrogens with one attached hydrogen (secondary N) is 3. The maximum atomic E-state index is 12.5. The molecule has 31 heavy (non-hydrogen) atoms. The number of thiol groups is 1. The highest BCUT2D eigenvalue weighted by atomic mass is 32.1. The normalized spacial score (nSPS) is 15.6. The number of amides is 3. The number of aliphatic hydroxyl groups excluding tert-OH is 2. The van der Waals surface area contributed by atoms with Crippen molar-refractivity contribution in [3.8, 4) is 0 Å². The summed E-state index contributed by atoms with van der Waals surface area (Å²) < 4.78 is 0. The SMILES string of the molecule is C[C@@H](O)[C@H](NC(=O)[C@@H](N)Cc1ccccc1)C(=O)N[C@@H](CO)C(=O)N[C@H](CS)C(=O)O. The van der Waals surface area contributed by atoms with Crippen LogP contribution in [0.5, 0.6) is 0 Å². The molecule has 0 aliphatic heterocycles. The van der Waals surface area contributed by atoms with Crippen LogP contribution in [-0.4, -0.2) is 81.6 Å². The third-order valence-electron chi connectivity index (χ3n) is 4.31. The minimum atomic E-state index is -1.51. The van der Waals surface area contributed by atoms with E-state index in [2.05, 4.69) is 28.6 Å². The first-order valence-corrected chi connectivity index (χ1v) is 10.1. The summed E-state index contributed by atoms with van der Waals surface area (Å²) >= 11 is 3.81. The van der Waals surface area contributed by atoms with Gasteiger partial charge in [0, 0.05) is 5.75 Å². The number of hydrogen-bond donors (Lipinski definition) is 8. The molecule has 8 N–H and O–H groups in total. The predicted octanol–water partition coefficient (Wildman–Crippen LogP) is -2.60. The van der Waals surface area contributed by atoms with Gasteiger partial charge in [0.25, 0.3) is 0 Å². The van der Waals surface area contributed by atoms with E-state index in [1.807, 2.05) is 6.07 Å². The third-order valence-corrected chi connectivity index (χ3v) is 4.68. The average Bonchev–Trinajstić information content (AvgIpc) is 2.73. The zero-order chi connectivity index (χ0) is 23.6. The molecule has 12 heteroatoms. The van der Waals surface area contributed by atoms with E-state index in [4.69, 9.17) is 10.8 Å². The van der Waals surface area contributed by atoms with Crippen molar-refractivity contribution in [2.24, 2.45) is 5.73 Å². The lowest BCUT2D eigenvalue weighted by atomic mass is 10.0. The summed E-state index contributed by atoms with van der Waals surface area (Å²) in [7, 11) is 0. The number of carboxylic acid groups (broad SMARTS) is 1. The fourth-order valence-electron chi connectivity index (χ4n) is 2.54. The number of aliphatic hydroxyl groups is 2. The van der Waals surface area contributed by atoms with E-state index >= 15 is 0 Å². The molecule has 0 saturated carbocycles. The molecule has 0 heterocycles. The molecule has 1 aromatic carbocycles. The van der Waals surface area contributed by atoms with Crippen LogP contribution in [0.15, 0.2) is 30.3 Å². The molecule has 0 saturated heterocycles. The fraction of sp³-hybridized carbons (Fsp3) is 0.474. The lowest BCUT2D eigenvalue weighted by Crippen LogP contribution is -2.60. The molecule has 172 valence electrons. The van der Waals surface area contributed by atoms with Gasteiger partial charge in [-0.05, 0) is 18.9 Å². The zero-order valence-electron chi connectivity index (χ0n) is 16.9. The van der Waals surface area contributed by atoms with Gasteiger partial charge in [0.1, 0.15) is 18.1 Å². The second-order valence-corrected chi connectivity index (χ2v) is 7.21. The summed E-state index contributed by atoms with van der Waals surface area (Å²) in [5.74, 6) is -4.17. The van der Waals surface area contributed by atoms with Crippen molar-refractivity contribution in [3.63, 3.8) is 0 Å². The molecule has 11 nitrogen and oxygen atoms in total. The van der Waals surface area contributed by atoms with Gasteiger partial charge in [-0.15, -0.1) is 0 Å². The van der Waals surface area contributed by atoms with Crippen LogP contribution in [-0.2, 0) is 25.6 Å². The molecule has 1 rings (SSSR count). The highest BCUT2D eigenvalue weighted by Crippen LogP contribution is 2.03. The third kappa shape index (κ3) is 8.53. The lowest BCUT2D eigenvalue weighted by Gasteiger charge is -2.25. The first-order chi connectivity index (χ1) is 14.6. The van der Waals surface area contributed by atoms with Crippen molar-refractivity contribution in [2.45, 2.75) is 43.6 Å². The molecule has 0 aliphatic rings. The maximum Gasteiger partial charge on any atom is 0.327 e. The van der Waals surface area contributed by atoms with Crippen molar-refractivity contribution < 1.29 is 34.5 Å². The van der Waals surface area contributed by atoms with Crippen LogP contribution in [0.4, 0.5) is 0 Å². The Kier molecular flexibility index (Phi) is 11.0. The van der Waals surface area contributed by atoms with Gasteiger partial charge in [0.2, 0.25) is 17.7 Å². The van der Waals surface area contributed by atoms with Crippen molar-refractivity contribution in [3.05, 3.63) is 35.9 Å². The van der Waals surface area contributed by atoms with Gasteiger partial charge in [-0.2, -0.15) is 12.6 Å². The van der Waals surface area contributed by atoms with Crippen LogP contribution in [0.1, 0.15) is 12.5 Å². The largest absolute Gasteiger partial charge is 0.480 e. The Morgan fingerprint density at radius 3 is 2.06 bits per heavy atom. The van der Waals surface area contributed by atoms with Gasteiger partial charge in [0.15, 0.2) is 0 Å². The van der Waals surface area contributed by atoms with Crippen molar-refractivity contribution in [1.29, 1.82) is 0 Å². The fourth-order valence-corrected chi connectivity index (χ4v) is 2.79. The van der Waals surface area contributed by atoms with Gasteiger partial charge in [-0.3, -0.25) is 14.4 Å². The van der Waals surface area contributed by atoms with Gasteiger partial charge >= 0.3 is 5.97 Å². The summed E-state index contributed by atoms with van der Waals surface area (Å²) in [6.45, 7) is 0.410. The van der Waals surface area contributed by atoms with E-state index < -0.39 is 60.6 Å². The van der Waals surface area contributed by atoms with E-state index in [9.17, 15) is 29.4 Å². The number of carboxylic acids is 1. The van der Waals surface area contributed by atoms with Gasteiger partial charge in [-0.25, -0.2) is 4.79 Å². The molecule has 0 aromatic heterocycles. The minimum absolute atomic E-state index is 0.197. The Hall–Kier alpha value is -2.67. The Morgan fingerprint density at radius 1 is 1.00 bits per heavy atom. The van der Waals surface area contributed by atoms with Crippen molar-refractivity contribution >= 4 is 36.3 Å². The first-order valence-electron chi connectivity index (χ1n) is 9.43. The summed E-state index contributed by atoms with van der Waals surface area (Å²) in [6, 6.07) is 3.65. The molecular formula is C19H28N4O7S. The van der Waals surface area contributed by atoms with Crippen LogP contribution >= 0.6 is 12.6 Å². The van der Waals surface area contributed by atoms with E-state index in [1.54, 1.807) is 24.3 Å². The number of aliphatic carboxylic acids is 1. The van der Waals surface area contributed by atoms with E-state index in [-0.39, 0.29) is 12.2 Å². The smallest absolute Gasteiger partial charge is 0.327 e. The van der Waals surface area contributed by atoms with E-state index in [0.717, 1.165) is 5.56 Å². The van der Waals surface area contributed by atoms with Crippen LogP contribution in [0.25, 0.3) is 0 Å². The second kappa shape index (κ2) is 12.9. The van der Waals surface area contributed by atoms with Gasteiger partial charge in [-0.1, -0.05) is 30.3 Å². The Balaban J connectivity index is 2.77. The number of benzene rings is 1. The number of hydrogen-bond acceptors (Lipinski definition) is 8. The molecule has 0 radical (unpaired) electrons. The Morgan fingerprint density at radius 2 is 1.58 bits per heavy atom. The molecule has 1 aromatic rings. The molecule has 0 aliphatic carbocycles. The number of nitrogens with two attached hydrogens (primary N) is 1. The van der Waals surface area contributed by atoms with Crippen molar-refractivity contribution in [1.82, 2.24) is 16.0 Å². The first kappa shape index (κ1) is 26.4.